The summed E-state index contributed by atoms with van der Waals surface area (Å²) in [4.78, 5) is 0. The molecule has 2 atom stereocenters. The van der Waals surface area contributed by atoms with Gasteiger partial charge in [0.05, 0.1) is 6.10 Å². The van der Waals surface area contributed by atoms with Crippen molar-refractivity contribution < 1.29 is 4.74 Å². The molecule has 0 aliphatic heterocycles. The van der Waals surface area contributed by atoms with Gasteiger partial charge in [-0.3, -0.25) is 0 Å². The second kappa shape index (κ2) is 7.68. The van der Waals surface area contributed by atoms with Crippen LogP contribution in [0.3, 0.4) is 0 Å². The van der Waals surface area contributed by atoms with Gasteiger partial charge in [0.2, 0.25) is 0 Å². The normalized spacial score (nSPS) is 23.0. The first kappa shape index (κ1) is 15.4. The van der Waals surface area contributed by atoms with E-state index in [0.29, 0.717) is 6.04 Å². The van der Waals surface area contributed by atoms with E-state index < -0.39 is 0 Å². The summed E-state index contributed by atoms with van der Waals surface area (Å²) in [5, 5.41) is 3.73. The van der Waals surface area contributed by atoms with Gasteiger partial charge in [0.1, 0.15) is 5.75 Å². The van der Waals surface area contributed by atoms with Crippen LogP contribution < -0.4 is 10.1 Å². The maximum atomic E-state index is 5.75. The van der Waals surface area contributed by atoms with Crippen molar-refractivity contribution in [2.75, 3.05) is 0 Å². The van der Waals surface area contributed by atoms with Crippen molar-refractivity contribution in [3.63, 3.8) is 0 Å². The number of ether oxygens (including phenoxy) is 1. The van der Waals surface area contributed by atoms with Gasteiger partial charge in [0.15, 0.2) is 0 Å². The molecule has 1 fully saturated rings. The van der Waals surface area contributed by atoms with Gasteiger partial charge in [-0.2, -0.15) is 0 Å². The SMILES string of the molecule is CCC1CCCC(NCc2cccc(OC(C)C)c2)C1. The summed E-state index contributed by atoms with van der Waals surface area (Å²) in [6.45, 7) is 7.41. The maximum Gasteiger partial charge on any atom is 0.120 e. The molecule has 0 heterocycles. The number of rotatable bonds is 6. The zero-order valence-corrected chi connectivity index (χ0v) is 13.2. The van der Waals surface area contributed by atoms with Crippen LogP contribution in [-0.2, 0) is 6.54 Å². The summed E-state index contributed by atoms with van der Waals surface area (Å²) < 4.78 is 5.75. The quantitative estimate of drug-likeness (QED) is 0.823. The van der Waals surface area contributed by atoms with E-state index in [0.717, 1.165) is 18.2 Å². The molecule has 1 aliphatic rings. The number of benzene rings is 1. The fraction of sp³-hybridized carbons (Fsp3) is 0.667. The summed E-state index contributed by atoms with van der Waals surface area (Å²) in [6.07, 6.45) is 7.05. The Hall–Kier alpha value is -1.02. The third kappa shape index (κ3) is 4.82. The molecular formula is C18H29NO. The molecule has 0 saturated heterocycles. The average Bonchev–Trinajstić information content (AvgIpc) is 2.45. The Bertz CT molecular complexity index is 402. The molecule has 1 N–H and O–H groups in total. The van der Waals surface area contributed by atoms with Gasteiger partial charge in [-0.15, -0.1) is 0 Å². The molecule has 0 amide bonds. The van der Waals surface area contributed by atoms with Gasteiger partial charge in [-0.25, -0.2) is 0 Å². The standard InChI is InChI=1S/C18H29NO/c1-4-15-7-5-9-17(11-15)19-13-16-8-6-10-18(12-16)20-14(2)3/h6,8,10,12,14-15,17,19H,4-5,7,9,11,13H2,1-3H3. The smallest absolute Gasteiger partial charge is 0.120 e. The second-order valence-electron chi connectivity index (χ2n) is 6.33. The summed E-state index contributed by atoms with van der Waals surface area (Å²) in [5.41, 5.74) is 1.32. The van der Waals surface area contributed by atoms with Gasteiger partial charge in [0, 0.05) is 12.6 Å². The molecule has 2 heteroatoms. The maximum absolute atomic E-state index is 5.75. The van der Waals surface area contributed by atoms with E-state index in [-0.39, 0.29) is 6.10 Å². The van der Waals surface area contributed by atoms with Crippen LogP contribution in [0.15, 0.2) is 24.3 Å². The lowest BCUT2D eigenvalue weighted by Crippen LogP contribution is -2.33. The van der Waals surface area contributed by atoms with Crippen LogP contribution in [0.25, 0.3) is 0 Å². The van der Waals surface area contributed by atoms with Crippen LogP contribution in [0, 0.1) is 5.92 Å². The van der Waals surface area contributed by atoms with Crippen molar-refractivity contribution in [3.05, 3.63) is 29.8 Å². The van der Waals surface area contributed by atoms with Gasteiger partial charge in [-0.05, 0) is 50.3 Å². The molecule has 0 radical (unpaired) electrons. The highest BCUT2D eigenvalue weighted by Gasteiger charge is 2.19. The summed E-state index contributed by atoms with van der Waals surface area (Å²) in [6, 6.07) is 9.16. The Kier molecular flexibility index (Phi) is 5.90. The van der Waals surface area contributed by atoms with E-state index in [9.17, 15) is 0 Å². The predicted octanol–water partition coefficient (Wildman–Crippen LogP) is 4.53. The largest absolute Gasteiger partial charge is 0.491 e. The molecular weight excluding hydrogens is 246 g/mol. The molecule has 0 aromatic heterocycles. The Balaban J connectivity index is 1.84. The van der Waals surface area contributed by atoms with E-state index in [2.05, 4.69) is 44.3 Å². The fourth-order valence-electron chi connectivity index (χ4n) is 3.11. The van der Waals surface area contributed by atoms with Crippen molar-refractivity contribution in [2.24, 2.45) is 5.92 Å². The highest BCUT2D eigenvalue weighted by molar-refractivity contribution is 5.28. The molecule has 0 spiro atoms. The van der Waals surface area contributed by atoms with E-state index in [1.54, 1.807) is 0 Å². The lowest BCUT2D eigenvalue weighted by Gasteiger charge is -2.29. The fourth-order valence-corrected chi connectivity index (χ4v) is 3.11. The zero-order chi connectivity index (χ0) is 14.4. The van der Waals surface area contributed by atoms with Crippen molar-refractivity contribution in [2.45, 2.75) is 71.6 Å². The number of hydrogen-bond donors (Lipinski definition) is 1. The summed E-state index contributed by atoms with van der Waals surface area (Å²) in [7, 11) is 0. The summed E-state index contributed by atoms with van der Waals surface area (Å²) in [5.74, 6) is 1.91. The predicted molar refractivity (Wildman–Crippen MR) is 85.1 cm³/mol. The highest BCUT2D eigenvalue weighted by Crippen LogP contribution is 2.26. The second-order valence-corrected chi connectivity index (χ2v) is 6.33. The molecule has 112 valence electrons. The Morgan fingerprint density at radius 1 is 1.30 bits per heavy atom. The van der Waals surface area contributed by atoms with E-state index >= 15 is 0 Å². The molecule has 2 nitrogen and oxygen atoms in total. The third-order valence-electron chi connectivity index (χ3n) is 4.23. The summed E-state index contributed by atoms with van der Waals surface area (Å²) >= 11 is 0. The molecule has 0 bridgehead atoms. The van der Waals surface area contributed by atoms with Crippen LogP contribution in [0.4, 0.5) is 0 Å². The van der Waals surface area contributed by atoms with Crippen LogP contribution >= 0.6 is 0 Å². The molecule has 1 aromatic rings. The van der Waals surface area contributed by atoms with Crippen LogP contribution in [0.5, 0.6) is 5.75 Å². The minimum Gasteiger partial charge on any atom is -0.491 e. The third-order valence-corrected chi connectivity index (χ3v) is 4.23. The topological polar surface area (TPSA) is 21.3 Å². The minimum absolute atomic E-state index is 0.238. The minimum atomic E-state index is 0.238. The van der Waals surface area contributed by atoms with Crippen molar-refractivity contribution in [3.8, 4) is 5.75 Å². The van der Waals surface area contributed by atoms with Crippen LogP contribution in [0.2, 0.25) is 0 Å². The van der Waals surface area contributed by atoms with E-state index in [1.807, 2.05) is 6.07 Å². The molecule has 1 aromatic carbocycles. The first-order chi connectivity index (χ1) is 9.67. The molecule has 2 rings (SSSR count). The first-order valence-corrected chi connectivity index (χ1v) is 8.16. The van der Waals surface area contributed by atoms with Gasteiger partial charge in [-0.1, -0.05) is 38.3 Å². The Labute approximate surface area is 123 Å². The van der Waals surface area contributed by atoms with Gasteiger partial charge in [0.25, 0.3) is 0 Å². The van der Waals surface area contributed by atoms with Crippen LogP contribution in [-0.4, -0.2) is 12.1 Å². The molecule has 1 aliphatic carbocycles. The van der Waals surface area contributed by atoms with E-state index in [1.165, 1.54) is 37.7 Å². The van der Waals surface area contributed by atoms with Crippen molar-refractivity contribution in [1.82, 2.24) is 5.32 Å². The number of hydrogen-bond acceptors (Lipinski definition) is 2. The zero-order valence-electron chi connectivity index (χ0n) is 13.2. The van der Waals surface area contributed by atoms with Crippen LogP contribution in [0.1, 0.15) is 58.4 Å². The van der Waals surface area contributed by atoms with Crippen molar-refractivity contribution in [1.29, 1.82) is 0 Å². The van der Waals surface area contributed by atoms with Crippen molar-refractivity contribution >= 4 is 0 Å². The Morgan fingerprint density at radius 3 is 2.90 bits per heavy atom. The first-order valence-electron chi connectivity index (χ1n) is 8.16. The van der Waals surface area contributed by atoms with E-state index in [4.69, 9.17) is 4.74 Å². The molecule has 2 unspecified atom stereocenters. The lowest BCUT2D eigenvalue weighted by molar-refractivity contribution is 0.242. The monoisotopic (exact) mass is 275 g/mol. The van der Waals surface area contributed by atoms with Gasteiger partial charge < -0.3 is 10.1 Å². The Morgan fingerprint density at radius 2 is 2.15 bits per heavy atom. The lowest BCUT2D eigenvalue weighted by atomic mass is 9.84. The molecule has 1 saturated carbocycles. The van der Waals surface area contributed by atoms with Gasteiger partial charge >= 0.3 is 0 Å². The number of nitrogens with one attached hydrogen (secondary N) is 1. The molecule has 20 heavy (non-hydrogen) atoms. The average molecular weight is 275 g/mol. The highest BCUT2D eigenvalue weighted by atomic mass is 16.5.